The van der Waals surface area contributed by atoms with Crippen molar-refractivity contribution in [3.63, 3.8) is 0 Å². The minimum absolute atomic E-state index is 0.270. The third kappa shape index (κ3) is 2.11. The molecule has 0 radical (unpaired) electrons. The lowest BCUT2D eigenvalue weighted by Gasteiger charge is -2.18. The lowest BCUT2D eigenvalue weighted by atomic mass is 9.98. The van der Waals surface area contributed by atoms with E-state index in [1.807, 2.05) is 19.2 Å². The summed E-state index contributed by atoms with van der Waals surface area (Å²) in [5, 5.41) is 3.27. The van der Waals surface area contributed by atoms with Gasteiger partial charge in [-0.05, 0) is 43.7 Å². The fourth-order valence-electron chi connectivity index (χ4n) is 2.00. The predicted octanol–water partition coefficient (Wildman–Crippen LogP) is 2.61. The van der Waals surface area contributed by atoms with Gasteiger partial charge in [-0.2, -0.15) is 0 Å². The molecule has 4 heteroatoms. The number of halogens is 1. The van der Waals surface area contributed by atoms with Crippen LogP contribution in [-0.4, -0.2) is 19.7 Å². The number of hydrogen-bond acceptors (Lipinski definition) is 3. The molecule has 1 aromatic rings. The Kier molecular flexibility index (Phi) is 3.56. The van der Waals surface area contributed by atoms with Gasteiger partial charge in [0.1, 0.15) is 0 Å². The second-order valence-corrected chi connectivity index (χ2v) is 4.26. The topological polar surface area (TPSA) is 30.5 Å². The molecule has 88 valence electrons. The molecule has 1 N–H and O–H groups in total. The highest BCUT2D eigenvalue weighted by atomic mass is 35.5. The lowest BCUT2D eigenvalue weighted by Crippen LogP contribution is -2.17. The van der Waals surface area contributed by atoms with Gasteiger partial charge in [-0.3, -0.25) is 0 Å². The normalized spacial score (nSPS) is 15.2. The first kappa shape index (κ1) is 11.6. The SMILES string of the molecule is CNC(CCCl)c1cc2c(cc1C)OCO2. The van der Waals surface area contributed by atoms with E-state index >= 15 is 0 Å². The van der Waals surface area contributed by atoms with Gasteiger partial charge in [0.05, 0.1) is 0 Å². The molecule has 1 unspecified atom stereocenters. The first-order valence-electron chi connectivity index (χ1n) is 5.39. The average Bonchev–Trinajstić information content (AvgIpc) is 2.72. The van der Waals surface area contributed by atoms with Crippen LogP contribution in [0.3, 0.4) is 0 Å². The Morgan fingerprint density at radius 2 is 2.06 bits per heavy atom. The molecule has 3 nitrogen and oxygen atoms in total. The molecule has 2 rings (SSSR count). The van der Waals surface area contributed by atoms with E-state index < -0.39 is 0 Å². The zero-order valence-electron chi connectivity index (χ0n) is 9.55. The second kappa shape index (κ2) is 4.93. The Hall–Kier alpha value is -0.930. The molecule has 16 heavy (non-hydrogen) atoms. The van der Waals surface area contributed by atoms with Crippen LogP contribution >= 0.6 is 11.6 Å². The summed E-state index contributed by atoms with van der Waals surface area (Å²) >= 11 is 5.80. The smallest absolute Gasteiger partial charge is 0.231 e. The standard InChI is InChI=1S/C12H16ClNO2/c1-8-5-11-12(16-7-15-11)6-9(8)10(14-2)3-4-13/h5-6,10,14H,3-4,7H2,1-2H3. The van der Waals surface area contributed by atoms with Crippen molar-refractivity contribution >= 4 is 11.6 Å². The molecular weight excluding hydrogens is 226 g/mol. The summed E-state index contributed by atoms with van der Waals surface area (Å²) in [7, 11) is 1.95. The summed E-state index contributed by atoms with van der Waals surface area (Å²) < 4.78 is 10.7. The van der Waals surface area contributed by atoms with Gasteiger partial charge in [0.2, 0.25) is 6.79 Å². The summed E-state index contributed by atoms with van der Waals surface area (Å²) in [6.07, 6.45) is 0.901. The first-order valence-corrected chi connectivity index (χ1v) is 5.93. The largest absolute Gasteiger partial charge is 0.454 e. The molecule has 0 saturated heterocycles. The van der Waals surface area contributed by atoms with Crippen molar-refractivity contribution in [3.8, 4) is 11.5 Å². The highest BCUT2D eigenvalue weighted by Crippen LogP contribution is 2.37. The third-order valence-corrected chi connectivity index (χ3v) is 3.10. The zero-order chi connectivity index (χ0) is 11.5. The number of ether oxygens (including phenoxy) is 2. The van der Waals surface area contributed by atoms with Crippen molar-refractivity contribution in [1.29, 1.82) is 0 Å². The fraction of sp³-hybridized carbons (Fsp3) is 0.500. The molecule has 0 fully saturated rings. The van der Waals surface area contributed by atoms with Crippen LogP contribution in [0.1, 0.15) is 23.6 Å². The number of hydrogen-bond donors (Lipinski definition) is 1. The van der Waals surface area contributed by atoms with Crippen LogP contribution in [0.4, 0.5) is 0 Å². The molecule has 0 aromatic heterocycles. The quantitative estimate of drug-likeness (QED) is 0.822. The summed E-state index contributed by atoms with van der Waals surface area (Å²) in [6, 6.07) is 4.34. The van der Waals surface area contributed by atoms with Crippen molar-refractivity contribution < 1.29 is 9.47 Å². The number of aryl methyl sites for hydroxylation is 1. The van der Waals surface area contributed by atoms with E-state index in [4.69, 9.17) is 21.1 Å². The summed E-state index contributed by atoms with van der Waals surface area (Å²) in [4.78, 5) is 0. The van der Waals surface area contributed by atoms with E-state index in [0.29, 0.717) is 12.7 Å². The van der Waals surface area contributed by atoms with Crippen molar-refractivity contribution in [2.45, 2.75) is 19.4 Å². The predicted molar refractivity (Wildman–Crippen MR) is 64.4 cm³/mol. The minimum Gasteiger partial charge on any atom is -0.454 e. The molecular formula is C12H16ClNO2. The zero-order valence-corrected chi connectivity index (χ0v) is 10.3. The van der Waals surface area contributed by atoms with E-state index in [1.165, 1.54) is 11.1 Å². The number of nitrogens with one attached hydrogen (secondary N) is 1. The van der Waals surface area contributed by atoms with Crippen LogP contribution < -0.4 is 14.8 Å². The molecule has 1 heterocycles. The van der Waals surface area contributed by atoms with Crippen LogP contribution in [0, 0.1) is 6.92 Å². The molecule has 1 aromatic carbocycles. The van der Waals surface area contributed by atoms with Crippen molar-refractivity contribution in [1.82, 2.24) is 5.32 Å². The monoisotopic (exact) mass is 241 g/mol. The maximum absolute atomic E-state index is 5.80. The van der Waals surface area contributed by atoms with Gasteiger partial charge in [0.25, 0.3) is 0 Å². The Labute approximate surface area is 101 Å². The van der Waals surface area contributed by atoms with E-state index in [-0.39, 0.29) is 6.04 Å². The van der Waals surface area contributed by atoms with Crippen LogP contribution in [-0.2, 0) is 0 Å². The maximum Gasteiger partial charge on any atom is 0.231 e. The molecule has 1 aliphatic heterocycles. The molecule has 0 saturated carbocycles. The van der Waals surface area contributed by atoms with Gasteiger partial charge in [-0.25, -0.2) is 0 Å². The van der Waals surface area contributed by atoms with Gasteiger partial charge >= 0.3 is 0 Å². The van der Waals surface area contributed by atoms with E-state index in [9.17, 15) is 0 Å². The van der Waals surface area contributed by atoms with Gasteiger partial charge in [-0.1, -0.05) is 0 Å². The average molecular weight is 242 g/mol. The van der Waals surface area contributed by atoms with E-state index in [0.717, 1.165) is 17.9 Å². The van der Waals surface area contributed by atoms with E-state index in [1.54, 1.807) is 0 Å². The van der Waals surface area contributed by atoms with Crippen LogP contribution in [0.15, 0.2) is 12.1 Å². The summed E-state index contributed by atoms with van der Waals surface area (Å²) in [5.41, 5.74) is 2.43. The first-order chi connectivity index (χ1) is 7.76. The maximum atomic E-state index is 5.80. The van der Waals surface area contributed by atoms with E-state index in [2.05, 4.69) is 12.2 Å². The van der Waals surface area contributed by atoms with Gasteiger partial charge in [0, 0.05) is 11.9 Å². The second-order valence-electron chi connectivity index (χ2n) is 3.88. The van der Waals surface area contributed by atoms with Gasteiger partial charge in [-0.15, -0.1) is 11.6 Å². The summed E-state index contributed by atoms with van der Waals surface area (Å²) in [6.45, 7) is 2.40. The molecule has 1 atom stereocenters. The molecule has 0 bridgehead atoms. The van der Waals surface area contributed by atoms with Crippen LogP contribution in [0.5, 0.6) is 11.5 Å². The van der Waals surface area contributed by atoms with Crippen molar-refractivity contribution in [2.24, 2.45) is 0 Å². The Balaban J connectivity index is 2.32. The van der Waals surface area contributed by atoms with Gasteiger partial charge in [0.15, 0.2) is 11.5 Å². The number of rotatable bonds is 4. The lowest BCUT2D eigenvalue weighted by molar-refractivity contribution is 0.174. The van der Waals surface area contributed by atoms with Crippen molar-refractivity contribution in [3.05, 3.63) is 23.3 Å². The number of fused-ring (bicyclic) bond motifs is 1. The molecule has 1 aliphatic rings. The highest BCUT2D eigenvalue weighted by molar-refractivity contribution is 6.17. The highest BCUT2D eigenvalue weighted by Gasteiger charge is 2.19. The van der Waals surface area contributed by atoms with Crippen LogP contribution in [0.2, 0.25) is 0 Å². The number of alkyl halides is 1. The number of benzene rings is 1. The van der Waals surface area contributed by atoms with Crippen LogP contribution in [0.25, 0.3) is 0 Å². The molecule has 0 amide bonds. The van der Waals surface area contributed by atoms with Gasteiger partial charge < -0.3 is 14.8 Å². The Bertz CT molecular complexity index is 382. The van der Waals surface area contributed by atoms with Crippen molar-refractivity contribution in [2.75, 3.05) is 19.7 Å². The fourth-order valence-corrected chi connectivity index (χ4v) is 2.22. The Morgan fingerprint density at radius 3 is 2.69 bits per heavy atom. The Morgan fingerprint density at radius 1 is 1.38 bits per heavy atom. The third-order valence-electron chi connectivity index (χ3n) is 2.88. The molecule has 0 aliphatic carbocycles. The minimum atomic E-state index is 0.270. The summed E-state index contributed by atoms with van der Waals surface area (Å²) in [5.74, 6) is 2.30. The molecule has 0 spiro atoms.